The van der Waals surface area contributed by atoms with Gasteiger partial charge >= 0.3 is 0 Å². The van der Waals surface area contributed by atoms with Gasteiger partial charge in [-0.15, -0.1) is 0 Å². The van der Waals surface area contributed by atoms with Crippen LogP contribution >= 0.6 is 0 Å². The van der Waals surface area contributed by atoms with Gasteiger partial charge in [-0.2, -0.15) is 0 Å². The van der Waals surface area contributed by atoms with Gasteiger partial charge in [0.1, 0.15) is 0 Å². The molecule has 0 aliphatic carbocycles. The lowest BCUT2D eigenvalue weighted by Crippen LogP contribution is -2.52. The van der Waals surface area contributed by atoms with Crippen molar-refractivity contribution in [2.75, 3.05) is 26.2 Å². The highest BCUT2D eigenvalue weighted by Gasteiger charge is 2.34. The number of hydrogen-bond donors (Lipinski definition) is 2. The van der Waals surface area contributed by atoms with Crippen LogP contribution in [0.1, 0.15) is 13.8 Å². The number of carbonyl (C=O) groups excluding carboxylic acids is 1. The molecule has 1 saturated heterocycles. The maximum absolute atomic E-state index is 11.8. The fraction of sp³-hybridized carbons (Fsp3) is 0.889. The predicted octanol–water partition coefficient (Wildman–Crippen LogP) is -0.850. The Morgan fingerprint density at radius 3 is 2.85 bits per heavy atom. The SMILES string of the molecule is CC(C)(CO)C(=O)C1CNCC[N]1. The fourth-order valence-corrected chi connectivity index (χ4v) is 1.31. The molecule has 1 unspecified atom stereocenters. The van der Waals surface area contributed by atoms with Crippen LogP contribution < -0.4 is 10.6 Å². The van der Waals surface area contributed by atoms with Gasteiger partial charge in [0.25, 0.3) is 0 Å². The summed E-state index contributed by atoms with van der Waals surface area (Å²) < 4.78 is 0. The second-order valence-corrected chi connectivity index (χ2v) is 4.03. The standard InChI is InChI=1S/C9H17N2O2/c1-9(2,6-12)8(13)7-5-10-3-4-11-7/h7,10,12H,3-6H2,1-2H3. The molecule has 4 nitrogen and oxygen atoms in total. The molecule has 0 saturated carbocycles. The Balaban J connectivity index is 2.55. The average molecular weight is 185 g/mol. The van der Waals surface area contributed by atoms with Crippen LogP contribution in [0, 0.1) is 5.41 Å². The minimum atomic E-state index is -0.660. The predicted molar refractivity (Wildman–Crippen MR) is 49.5 cm³/mol. The van der Waals surface area contributed by atoms with E-state index in [1.165, 1.54) is 0 Å². The van der Waals surface area contributed by atoms with E-state index in [2.05, 4.69) is 10.6 Å². The van der Waals surface area contributed by atoms with Gasteiger partial charge in [0.05, 0.1) is 12.6 Å². The van der Waals surface area contributed by atoms with Crippen molar-refractivity contribution in [3.05, 3.63) is 0 Å². The molecule has 1 atom stereocenters. The number of ketones is 1. The van der Waals surface area contributed by atoms with E-state index in [9.17, 15) is 4.79 Å². The van der Waals surface area contributed by atoms with E-state index >= 15 is 0 Å². The molecule has 1 aliphatic rings. The normalized spacial score (nSPS) is 24.4. The Morgan fingerprint density at radius 2 is 2.38 bits per heavy atom. The summed E-state index contributed by atoms with van der Waals surface area (Å²) in [6.07, 6.45) is 0. The lowest BCUT2D eigenvalue weighted by molar-refractivity contribution is -0.131. The van der Waals surface area contributed by atoms with Crippen LogP contribution in [0.4, 0.5) is 0 Å². The summed E-state index contributed by atoms with van der Waals surface area (Å²) in [5, 5.41) is 16.3. The van der Waals surface area contributed by atoms with Gasteiger partial charge in [-0.3, -0.25) is 4.79 Å². The third-order valence-corrected chi connectivity index (χ3v) is 2.34. The highest BCUT2D eigenvalue weighted by molar-refractivity contribution is 5.89. The summed E-state index contributed by atoms with van der Waals surface area (Å²) in [6, 6.07) is -0.268. The molecule has 1 radical (unpaired) electrons. The summed E-state index contributed by atoms with van der Waals surface area (Å²) in [5.41, 5.74) is -0.660. The largest absolute Gasteiger partial charge is 0.395 e. The molecule has 4 heteroatoms. The molecular formula is C9H17N2O2. The monoisotopic (exact) mass is 185 g/mol. The molecule has 0 bridgehead atoms. The van der Waals surface area contributed by atoms with Gasteiger partial charge in [0.15, 0.2) is 5.78 Å². The van der Waals surface area contributed by atoms with Crippen molar-refractivity contribution < 1.29 is 9.90 Å². The van der Waals surface area contributed by atoms with E-state index in [0.29, 0.717) is 13.1 Å². The molecule has 1 heterocycles. The molecule has 2 N–H and O–H groups in total. The fourth-order valence-electron chi connectivity index (χ4n) is 1.31. The number of nitrogens with zero attached hydrogens (tertiary/aromatic N) is 1. The molecule has 0 aromatic rings. The lowest BCUT2D eigenvalue weighted by Gasteiger charge is -2.28. The van der Waals surface area contributed by atoms with Crippen molar-refractivity contribution >= 4 is 5.78 Å². The van der Waals surface area contributed by atoms with Crippen molar-refractivity contribution in [1.29, 1.82) is 0 Å². The molecule has 0 spiro atoms. The second-order valence-electron chi connectivity index (χ2n) is 4.03. The van der Waals surface area contributed by atoms with E-state index < -0.39 is 5.41 Å². The number of carbonyl (C=O) groups is 1. The second kappa shape index (κ2) is 4.17. The molecule has 1 fully saturated rings. The third kappa shape index (κ3) is 2.49. The van der Waals surface area contributed by atoms with Crippen LogP contribution in [0.25, 0.3) is 0 Å². The van der Waals surface area contributed by atoms with E-state index in [1.807, 2.05) is 0 Å². The molecule has 13 heavy (non-hydrogen) atoms. The zero-order valence-corrected chi connectivity index (χ0v) is 8.21. The number of aliphatic hydroxyl groups is 1. The first kappa shape index (κ1) is 10.6. The first-order valence-electron chi connectivity index (χ1n) is 4.60. The zero-order chi connectivity index (χ0) is 9.90. The lowest BCUT2D eigenvalue weighted by atomic mass is 9.84. The number of rotatable bonds is 3. The molecule has 1 rings (SSSR count). The number of Topliss-reactive ketones (excluding diaryl/α,β-unsaturated/α-hetero) is 1. The summed E-state index contributed by atoms with van der Waals surface area (Å²) >= 11 is 0. The van der Waals surface area contributed by atoms with Crippen molar-refractivity contribution in [2.24, 2.45) is 5.41 Å². The Hall–Kier alpha value is -0.450. The maximum atomic E-state index is 11.8. The topological polar surface area (TPSA) is 63.4 Å². The van der Waals surface area contributed by atoms with Crippen molar-refractivity contribution in [3.63, 3.8) is 0 Å². The number of hydrogen-bond acceptors (Lipinski definition) is 3. The van der Waals surface area contributed by atoms with E-state index in [0.717, 1.165) is 6.54 Å². The average Bonchev–Trinajstić information content (AvgIpc) is 2.18. The van der Waals surface area contributed by atoms with Crippen molar-refractivity contribution in [2.45, 2.75) is 19.9 Å². The van der Waals surface area contributed by atoms with Gasteiger partial charge in [-0.05, 0) is 0 Å². The summed E-state index contributed by atoms with van der Waals surface area (Å²) in [4.78, 5) is 11.8. The number of aliphatic hydroxyl groups excluding tert-OH is 1. The Labute approximate surface area is 78.7 Å². The first-order chi connectivity index (χ1) is 6.08. The summed E-state index contributed by atoms with van der Waals surface area (Å²) in [5.74, 6) is 0.0298. The highest BCUT2D eigenvalue weighted by Crippen LogP contribution is 2.17. The Kier molecular flexibility index (Phi) is 3.41. The van der Waals surface area contributed by atoms with E-state index in [-0.39, 0.29) is 18.4 Å². The third-order valence-electron chi connectivity index (χ3n) is 2.34. The summed E-state index contributed by atoms with van der Waals surface area (Å²) in [7, 11) is 0. The maximum Gasteiger partial charge on any atom is 0.160 e. The van der Waals surface area contributed by atoms with Gasteiger partial charge in [-0.25, -0.2) is 5.32 Å². The van der Waals surface area contributed by atoms with Gasteiger partial charge < -0.3 is 10.4 Å². The van der Waals surface area contributed by atoms with E-state index in [1.54, 1.807) is 13.8 Å². The number of piperazine rings is 1. The first-order valence-corrected chi connectivity index (χ1v) is 4.60. The molecule has 1 aliphatic heterocycles. The van der Waals surface area contributed by atoms with Crippen LogP contribution in [-0.4, -0.2) is 43.2 Å². The van der Waals surface area contributed by atoms with Gasteiger partial charge in [0.2, 0.25) is 0 Å². The Bertz CT molecular complexity index is 186. The van der Waals surface area contributed by atoms with Gasteiger partial charge in [-0.1, -0.05) is 13.8 Å². The zero-order valence-electron chi connectivity index (χ0n) is 8.21. The van der Waals surface area contributed by atoms with Crippen LogP contribution in [0.3, 0.4) is 0 Å². The minimum Gasteiger partial charge on any atom is -0.395 e. The van der Waals surface area contributed by atoms with Crippen LogP contribution in [0.15, 0.2) is 0 Å². The minimum absolute atomic E-state index is 0.0298. The molecule has 0 aromatic carbocycles. The molecule has 0 aromatic heterocycles. The van der Waals surface area contributed by atoms with Gasteiger partial charge in [0, 0.05) is 25.0 Å². The van der Waals surface area contributed by atoms with Crippen LogP contribution in [0.5, 0.6) is 0 Å². The highest BCUT2D eigenvalue weighted by atomic mass is 16.3. The molecule has 0 amide bonds. The molecule has 75 valence electrons. The quantitative estimate of drug-likeness (QED) is 0.602. The molecular weight excluding hydrogens is 168 g/mol. The van der Waals surface area contributed by atoms with Crippen molar-refractivity contribution in [1.82, 2.24) is 10.6 Å². The van der Waals surface area contributed by atoms with Crippen molar-refractivity contribution in [3.8, 4) is 0 Å². The van der Waals surface area contributed by atoms with Crippen LogP contribution in [-0.2, 0) is 4.79 Å². The Morgan fingerprint density at radius 1 is 1.69 bits per heavy atom. The van der Waals surface area contributed by atoms with Crippen LogP contribution in [0.2, 0.25) is 0 Å². The number of nitrogens with one attached hydrogen (secondary N) is 1. The smallest absolute Gasteiger partial charge is 0.160 e. The van der Waals surface area contributed by atoms with E-state index in [4.69, 9.17) is 5.11 Å². The summed E-state index contributed by atoms with van der Waals surface area (Å²) in [6.45, 7) is 5.54.